The van der Waals surface area contributed by atoms with Crippen molar-refractivity contribution in [2.75, 3.05) is 6.26 Å². The third-order valence-corrected chi connectivity index (χ3v) is 5.18. The van der Waals surface area contributed by atoms with Crippen molar-refractivity contribution in [3.05, 3.63) is 33.9 Å². The van der Waals surface area contributed by atoms with Crippen LogP contribution in [0.4, 0.5) is 5.69 Å². The maximum Gasteiger partial charge on any atom is 0.282 e. The Bertz CT molecular complexity index is 602. The molecular weight excluding hydrogens is 338 g/mol. The van der Waals surface area contributed by atoms with E-state index in [4.69, 9.17) is 0 Å². The van der Waals surface area contributed by atoms with Crippen molar-refractivity contribution in [3.63, 3.8) is 0 Å². The number of thioether (sulfide) groups is 1. The summed E-state index contributed by atoms with van der Waals surface area (Å²) >= 11 is 1.47. The van der Waals surface area contributed by atoms with Gasteiger partial charge in [-0.05, 0) is 44.1 Å². The zero-order chi connectivity index (χ0) is 15.7. The van der Waals surface area contributed by atoms with E-state index in [9.17, 15) is 14.9 Å². The molecule has 0 radical (unpaired) electrons. The zero-order valence-electron chi connectivity index (χ0n) is 12.8. The van der Waals surface area contributed by atoms with Crippen LogP contribution in [0.2, 0.25) is 0 Å². The fourth-order valence-electron chi connectivity index (χ4n) is 3.42. The number of carbonyl (C=O) groups excluding carboxylic acids is 1. The molecule has 2 saturated heterocycles. The molecule has 2 bridgehead atoms. The van der Waals surface area contributed by atoms with E-state index < -0.39 is 4.92 Å². The highest BCUT2D eigenvalue weighted by atomic mass is 35.5. The lowest BCUT2D eigenvalue weighted by atomic mass is 9.99. The Morgan fingerprint density at radius 1 is 1.35 bits per heavy atom. The van der Waals surface area contributed by atoms with Gasteiger partial charge in [0.25, 0.3) is 11.6 Å². The van der Waals surface area contributed by atoms with Gasteiger partial charge >= 0.3 is 0 Å². The predicted molar refractivity (Wildman–Crippen MR) is 92.6 cm³/mol. The minimum Gasteiger partial charge on any atom is -0.349 e. The molecule has 3 rings (SSSR count). The molecular formula is C15H20ClN3O3S. The Kier molecular flexibility index (Phi) is 5.89. The number of nitrogens with one attached hydrogen (secondary N) is 2. The third kappa shape index (κ3) is 3.97. The molecule has 8 heteroatoms. The summed E-state index contributed by atoms with van der Waals surface area (Å²) in [6.45, 7) is 0. The van der Waals surface area contributed by atoms with Crippen molar-refractivity contribution >= 4 is 35.8 Å². The maximum absolute atomic E-state index is 12.5. The number of nitrogens with zero attached hydrogens (tertiary/aromatic N) is 1. The highest BCUT2D eigenvalue weighted by molar-refractivity contribution is 7.98. The lowest BCUT2D eigenvalue weighted by molar-refractivity contribution is -0.385. The summed E-state index contributed by atoms with van der Waals surface area (Å²) in [6.07, 6.45) is 5.99. The molecule has 0 aliphatic carbocycles. The van der Waals surface area contributed by atoms with E-state index in [1.807, 2.05) is 6.26 Å². The van der Waals surface area contributed by atoms with E-state index >= 15 is 0 Å². The van der Waals surface area contributed by atoms with Gasteiger partial charge in [-0.3, -0.25) is 14.9 Å². The Labute approximate surface area is 145 Å². The van der Waals surface area contributed by atoms with Crippen molar-refractivity contribution in [2.45, 2.75) is 48.7 Å². The molecule has 2 fully saturated rings. The van der Waals surface area contributed by atoms with Gasteiger partial charge in [-0.2, -0.15) is 0 Å². The van der Waals surface area contributed by atoms with Crippen LogP contribution >= 0.6 is 24.2 Å². The summed E-state index contributed by atoms with van der Waals surface area (Å²) in [5.41, 5.74) is 0.0231. The molecule has 126 valence electrons. The van der Waals surface area contributed by atoms with Crippen LogP contribution in [0.25, 0.3) is 0 Å². The Hall–Kier alpha value is -1.31. The molecule has 6 nitrogen and oxygen atoms in total. The molecule has 1 aromatic rings. The maximum atomic E-state index is 12.5. The van der Waals surface area contributed by atoms with E-state index in [0.717, 1.165) is 30.6 Å². The molecule has 1 amide bonds. The van der Waals surface area contributed by atoms with Gasteiger partial charge in [0.15, 0.2) is 0 Å². The predicted octanol–water partition coefficient (Wildman–Crippen LogP) is 2.75. The number of amides is 1. The second-order valence-electron chi connectivity index (χ2n) is 5.92. The van der Waals surface area contributed by atoms with Gasteiger partial charge in [0, 0.05) is 29.1 Å². The average Bonchev–Trinajstić information content (AvgIpc) is 2.85. The Morgan fingerprint density at radius 2 is 2.00 bits per heavy atom. The number of fused-ring (bicyclic) bond motifs is 2. The highest BCUT2D eigenvalue weighted by Gasteiger charge is 2.34. The van der Waals surface area contributed by atoms with Crippen molar-refractivity contribution in [3.8, 4) is 0 Å². The summed E-state index contributed by atoms with van der Waals surface area (Å²) in [6, 6.07) is 5.72. The van der Waals surface area contributed by atoms with Gasteiger partial charge in [0.1, 0.15) is 5.56 Å². The second-order valence-corrected chi connectivity index (χ2v) is 6.80. The van der Waals surface area contributed by atoms with Crippen LogP contribution in [-0.4, -0.2) is 35.2 Å². The SMILES string of the molecule is CSc1ccc([N+](=O)[O-])c(C(=O)NC2CC3CCC(C2)N3)c1.Cl. The molecule has 2 heterocycles. The lowest BCUT2D eigenvalue weighted by Crippen LogP contribution is -2.48. The summed E-state index contributed by atoms with van der Waals surface area (Å²) in [4.78, 5) is 24.0. The molecule has 2 unspecified atom stereocenters. The quantitative estimate of drug-likeness (QED) is 0.491. The van der Waals surface area contributed by atoms with E-state index in [-0.39, 0.29) is 35.6 Å². The lowest BCUT2D eigenvalue weighted by Gasteiger charge is -2.29. The van der Waals surface area contributed by atoms with Crippen LogP contribution in [0.5, 0.6) is 0 Å². The number of piperidine rings is 1. The first kappa shape index (κ1) is 18.0. The zero-order valence-corrected chi connectivity index (χ0v) is 14.4. The summed E-state index contributed by atoms with van der Waals surface area (Å²) in [5.74, 6) is -0.339. The minimum absolute atomic E-state index is 0. The molecule has 0 saturated carbocycles. The normalized spacial score (nSPS) is 25.5. The monoisotopic (exact) mass is 357 g/mol. The van der Waals surface area contributed by atoms with Gasteiger partial charge in [-0.1, -0.05) is 0 Å². The number of halogens is 1. The number of carbonyl (C=O) groups is 1. The number of hydrogen-bond donors (Lipinski definition) is 2. The first-order chi connectivity index (χ1) is 10.6. The Morgan fingerprint density at radius 3 is 2.57 bits per heavy atom. The van der Waals surface area contributed by atoms with Gasteiger partial charge in [-0.25, -0.2) is 0 Å². The molecule has 2 atom stereocenters. The van der Waals surface area contributed by atoms with E-state index in [1.54, 1.807) is 12.1 Å². The van der Waals surface area contributed by atoms with Crippen molar-refractivity contribution < 1.29 is 9.72 Å². The molecule has 0 spiro atoms. The van der Waals surface area contributed by atoms with Crippen molar-refractivity contribution in [1.82, 2.24) is 10.6 Å². The number of benzene rings is 1. The molecule has 23 heavy (non-hydrogen) atoms. The topological polar surface area (TPSA) is 84.3 Å². The fourth-order valence-corrected chi connectivity index (χ4v) is 3.86. The van der Waals surface area contributed by atoms with Gasteiger partial charge in [0.05, 0.1) is 4.92 Å². The van der Waals surface area contributed by atoms with Crippen LogP contribution in [0, 0.1) is 10.1 Å². The van der Waals surface area contributed by atoms with E-state index in [2.05, 4.69) is 10.6 Å². The summed E-state index contributed by atoms with van der Waals surface area (Å²) in [5, 5.41) is 17.6. The smallest absolute Gasteiger partial charge is 0.282 e. The van der Waals surface area contributed by atoms with Crippen molar-refractivity contribution in [2.24, 2.45) is 0 Å². The summed E-state index contributed by atoms with van der Waals surface area (Å²) < 4.78 is 0. The van der Waals surface area contributed by atoms with Crippen LogP contribution in [0.3, 0.4) is 0 Å². The van der Waals surface area contributed by atoms with Gasteiger partial charge in [0.2, 0.25) is 0 Å². The first-order valence-corrected chi connectivity index (χ1v) is 8.68. The fraction of sp³-hybridized carbons (Fsp3) is 0.533. The molecule has 0 aromatic heterocycles. The Balaban J connectivity index is 0.00000192. The standard InChI is InChI=1S/C15H19N3O3S.ClH/c1-22-12-4-5-14(18(20)21)13(8-12)15(19)17-11-6-9-2-3-10(7-11)16-9;/h4-5,8-11,16H,2-3,6-7H2,1H3,(H,17,19);1H. The van der Waals surface area contributed by atoms with Crippen LogP contribution in [-0.2, 0) is 0 Å². The van der Waals surface area contributed by atoms with Crippen molar-refractivity contribution in [1.29, 1.82) is 0 Å². The third-order valence-electron chi connectivity index (χ3n) is 4.45. The van der Waals surface area contributed by atoms with Gasteiger partial charge < -0.3 is 10.6 Å². The van der Waals surface area contributed by atoms with E-state index in [0.29, 0.717) is 12.1 Å². The minimum atomic E-state index is -0.495. The van der Waals surface area contributed by atoms with Crippen LogP contribution < -0.4 is 10.6 Å². The molecule has 1 aromatic carbocycles. The van der Waals surface area contributed by atoms with Crippen LogP contribution in [0.1, 0.15) is 36.0 Å². The number of nitro benzene ring substituents is 1. The number of nitro groups is 1. The number of hydrogen-bond acceptors (Lipinski definition) is 5. The van der Waals surface area contributed by atoms with Gasteiger partial charge in [-0.15, -0.1) is 24.2 Å². The first-order valence-electron chi connectivity index (χ1n) is 7.46. The molecule has 2 aliphatic heterocycles. The molecule has 2 N–H and O–H groups in total. The van der Waals surface area contributed by atoms with Crippen LogP contribution in [0.15, 0.2) is 23.1 Å². The molecule has 2 aliphatic rings. The average molecular weight is 358 g/mol. The van der Waals surface area contributed by atoms with E-state index in [1.165, 1.54) is 17.8 Å². The summed E-state index contributed by atoms with van der Waals surface area (Å²) in [7, 11) is 0. The highest BCUT2D eigenvalue weighted by Crippen LogP contribution is 2.28. The number of rotatable bonds is 4. The largest absolute Gasteiger partial charge is 0.349 e. The second kappa shape index (κ2) is 7.51.